The van der Waals surface area contributed by atoms with Crippen molar-refractivity contribution in [2.24, 2.45) is 11.1 Å². The summed E-state index contributed by atoms with van der Waals surface area (Å²) < 4.78 is 15.8. The van der Waals surface area contributed by atoms with Crippen molar-refractivity contribution in [3.63, 3.8) is 0 Å². The molecule has 2 N–H and O–H groups in total. The number of carbonyl (C=O) groups is 1. The maximum atomic E-state index is 11.8. The molecule has 1 heterocycles. The molecule has 19 heavy (non-hydrogen) atoms. The lowest BCUT2D eigenvalue weighted by molar-refractivity contribution is -0.152. The van der Waals surface area contributed by atoms with Crippen LogP contribution >= 0.6 is 0 Å². The first-order valence-corrected chi connectivity index (χ1v) is 6.20. The van der Waals surface area contributed by atoms with Gasteiger partial charge in [-0.25, -0.2) is 0 Å². The quantitative estimate of drug-likeness (QED) is 0.841. The van der Waals surface area contributed by atoms with Crippen molar-refractivity contribution < 1.29 is 19.0 Å². The van der Waals surface area contributed by atoms with Crippen LogP contribution < -0.4 is 15.2 Å². The molecule has 0 fully saturated rings. The minimum Gasteiger partial charge on any atom is -0.486 e. The summed E-state index contributed by atoms with van der Waals surface area (Å²) in [6.07, 6.45) is 0. The number of hydrogen-bond donors (Lipinski definition) is 1. The second-order valence-electron chi connectivity index (χ2n) is 5.09. The van der Waals surface area contributed by atoms with E-state index < -0.39 is 11.5 Å². The molecule has 1 atom stereocenters. The van der Waals surface area contributed by atoms with Gasteiger partial charge in [-0.1, -0.05) is 6.07 Å². The average Bonchev–Trinajstić information content (AvgIpc) is 2.44. The number of nitrogens with two attached hydrogens (primary N) is 1. The zero-order valence-electron chi connectivity index (χ0n) is 11.4. The SMILES string of the molecule is COC(=O)C(C)(C)[C@H](N)c1ccc2c(c1)OCCO2. The van der Waals surface area contributed by atoms with E-state index in [9.17, 15) is 4.79 Å². The molecule has 0 aromatic heterocycles. The van der Waals surface area contributed by atoms with Gasteiger partial charge in [0.25, 0.3) is 0 Å². The van der Waals surface area contributed by atoms with E-state index in [1.54, 1.807) is 13.8 Å². The Morgan fingerprint density at radius 1 is 1.32 bits per heavy atom. The Morgan fingerprint density at radius 2 is 1.95 bits per heavy atom. The molecule has 0 saturated carbocycles. The smallest absolute Gasteiger partial charge is 0.313 e. The molecule has 1 aliphatic heterocycles. The molecule has 0 bridgehead atoms. The normalized spacial score (nSPS) is 15.8. The molecule has 2 rings (SSSR count). The number of hydrogen-bond acceptors (Lipinski definition) is 5. The predicted octanol–water partition coefficient (Wildman–Crippen LogP) is 1.66. The van der Waals surface area contributed by atoms with E-state index >= 15 is 0 Å². The Morgan fingerprint density at radius 3 is 2.58 bits per heavy atom. The van der Waals surface area contributed by atoms with Gasteiger partial charge < -0.3 is 19.9 Å². The molecule has 5 nitrogen and oxygen atoms in total. The molecule has 0 spiro atoms. The predicted molar refractivity (Wildman–Crippen MR) is 70.2 cm³/mol. The molecule has 0 saturated heterocycles. The Balaban J connectivity index is 2.29. The van der Waals surface area contributed by atoms with Gasteiger partial charge in [0.05, 0.1) is 12.5 Å². The fraction of sp³-hybridized carbons (Fsp3) is 0.500. The first-order chi connectivity index (χ1) is 8.96. The maximum Gasteiger partial charge on any atom is 0.313 e. The number of methoxy groups -OCH3 is 1. The van der Waals surface area contributed by atoms with Crippen LogP contribution in [0.1, 0.15) is 25.5 Å². The lowest BCUT2D eigenvalue weighted by Crippen LogP contribution is -2.37. The van der Waals surface area contributed by atoms with Gasteiger partial charge >= 0.3 is 5.97 Å². The van der Waals surface area contributed by atoms with Crippen molar-refractivity contribution in [2.45, 2.75) is 19.9 Å². The fourth-order valence-electron chi connectivity index (χ4n) is 2.06. The average molecular weight is 265 g/mol. The van der Waals surface area contributed by atoms with Gasteiger partial charge in [0, 0.05) is 6.04 Å². The van der Waals surface area contributed by atoms with Crippen LogP contribution in [0, 0.1) is 5.41 Å². The minimum absolute atomic E-state index is 0.338. The summed E-state index contributed by atoms with van der Waals surface area (Å²) in [7, 11) is 1.36. The first-order valence-electron chi connectivity index (χ1n) is 6.20. The number of carbonyl (C=O) groups excluding carboxylic acids is 1. The Hall–Kier alpha value is -1.75. The van der Waals surface area contributed by atoms with Gasteiger partial charge in [0.15, 0.2) is 11.5 Å². The summed E-state index contributed by atoms with van der Waals surface area (Å²) in [6, 6.07) is 5.01. The van der Waals surface area contributed by atoms with Crippen molar-refractivity contribution >= 4 is 5.97 Å². The number of fused-ring (bicyclic) bond motifs is 1. The molecule has 0 amide bonds. The lowest BCUT2D eigenvalue weighted by Gasteiger charge is -2.29. The van der Waals surface area contributed by atoms with Crippen LogP contribution in [0.4, 0.5) is 0 Å². The molecular weight excluding hydrogens is 246 g/mol. The summed E-state index contributed by atoms with van der Waals surface area (Å²) in [5, 5.41) is 0. The Labute approximate surface area is 112 Å². The third-order valence-electron chi connectivity index (χ3n) is 3.41. The van der Waals surface area contributed by atoms with Gasteiger partial charge in [-0.3, -0.25) is 4.79 Å². The Bertz CT molecular complexity index is 484. The van der Waals surface area contributed by atoms with Gasteiger partial charge in [-0.05, 0) is 31.5 Å². The van der Waals surface area contributed by atoms with Gasteiger partial charge in [-0.15, -0.1) is 0 Å². The first kappa shape index (κ1) is 13.7. The fourth-order valence-corrected chi connectivity index (χ4v) is 2.06. The lowest BCUT2D eigenvalue weighted by atomic mass is 9.81. The largest absolute Gasteiger partial charge is 0.486 e. The molecule has 104 valence electrons. The molecular formula is C14H19NO4. The highest BCUT2D eigenvalue weighted by Crippen LogP contribution is 2.37. The number of ether oxygens (including phenoxy) is 3. The van der Waals surface area contributed by atoms with Crippen LogP contribution in [-0.2, 0) is 9.53 Å². The molecule has 0 aliphatic carbocycles. The van der Waals surface area contributed by atoms with Crippen molar-refractivity contribution in [1.82, 2.24) is 0 Å². The third kappa shape index (κ3) is 2.51. The maximum absolute atomic E-state index is 11.8. The van der Waals surface area contributed by atoms with E-state index in [1.165, 1.54) is 7.11 Å². The van der Waals surface area contributed by atoms with Crippen LogP contribution in [0.3, 0.4) is 0 Å². The van der Waals surface area contributed by atoms with E-state index in [2.05, 4.69) is 0 Å². The van der Waals surface area contributed by atoms with E-state index in [-0.39, 0.29) is 5.97 Å². The summed E-state index contributed by atoms with van der Waals surface area (Å²) in [5.74, 6) is 1.04. The molecule has 5 heteroatoms. The van der Waals surface area contributed by atoms with Gasteiger partial charge in [-0.2, -0.15) is 0 Å². The third-order valence-corrected chi connectivity index (χ3v) is 3.41. The molecule has 1 aromatic rings. The zero-order chi connectivity index (χ0) is 14.0. The van der Waals surface area contributed by atoms with Crippen LogP contribution in [-0.4, -0.2) is 26.3 Å². The van der Waals surface area contributed by atoms with Crippen molar-refractivity contribution in [2.75, 3.05) is 20.3 Å². The number of esters is 1. The molecule has 0 unspecified atom stereocenters. The number of rotatable bonds is 3. The van der Waals surface area contributed by atoms with E-state index in [0.717, 1.165) is 5.56 Å². The van der Waals surface area contributed by atoms with Crippen LogP contribution in [0.5, 0.6) is 11.5 Å². The van der Waals surface area contributed by atoms with E-state index in [0.29, 0.717) is 24.7 Å². The molecule has 1 aliphatic rings. The molecule has 1 aromatic carbocycles. The molecule has 0 radical (unpaired) electrons. The monoisotopic (exact) mass is 265 g/mol. The Kier molecular flexibility index (Phi) is 3.66. The summed E-state index contributed by atoms with van der Waals surface area (Å²) in [4.78, 5) is 11.8. The zero-order valence-corrected chi connectivity index (χ0v) is 11.4. The minimum atomic E-state index is -0.807. The highest BCUT2D eigenvalue weighted by Gasteiger charge is 2.37. The van der Waals surface area contributed by atoms with Gasteiger partial charge in [0.2, 0.25) is 0 Å². The van der Waals surface area contributed by atoms with E-state index in [4.69, 9.17) is 19.9 Å². The second kappa shape index (κ2) is 5.09. The topological polar surface area (TPSA) is 70.8 Å². The highest BCUT2D eigenvalue weighted by atomic mass is 16.6. The van der Waals surface area contributed by atoms with Gasteiger partial charge in [0.1, 0.15) is 13.2 Å². The number of benzene rings is 1. The van der Waals surface area contributed by atoms with Crippen LogP contribution in [0.25, 0.3) is 0 Å². The van der Waals surface area contributed by atoms with Crippen molar-refractivity contribution in [3.8, 4) is 11.5 Å². The van der Waals surface area contributed by atoms with Crippen LogP contribution in [0.15, 0.2) is 18.2 Å². The summed E-state index contributed by atoms with van der Waals surface area (Å²) in [6.45, 7) is 4.60. The summed E-state index contributed by atoms with van der Waals surface area (Å²) >= 11 is 0. The van der Waals surface area contributed by atoms with E-state index in [1.807, 2.05) is 18.2 Å². The second-order valence-corrected chi connectivity index (χ2v) is 5.09. The van der Waals surface area contributed by atoms with Crippen LogP contribution in [0.2, 0.25) is 0 Å². The van der Waals surface area contributed by atoms with Crippen molar-refractivity contribution in [3.05, 3.63) is 23.8 Å². The van der Waals surface area contributed by atoms with Crippen molar-refractivity contribution in [1.29, 1.82) is 0 Å². The summed E-state index contributed by atoms with van der Waals surface area (Å²) in [5.41, 5.74) is 6.20. The standard InChI is InChI=1S/C14H19NO4/c1-14(2,13(16)17-3)12(15)9-4-5-10-11(8-9)19-7-6-18-10/h4-5,8,12H,6-7,15H2,1-3H3/t12-/m1/s1. The highest BCUT2D eigenvalue weighted by molar-refractivity contribution is 5.77.